The highest BCUT2D eigenvalue weighted by molar-refractivity contribution is 6.54. The Kier molecular flexibility index (Phi) is 5.75. The van der Waals surface area contributed by atoms with E-state index in [0.29, 0.717) is 17.6 Å². The summed E-state index contributed by atoms with van der Waals surface area (Å²) in [4.78, 5) is 14.6. The van der Waals surface area contributed by atoms with E-state index in [1.54, 1.807) is 0 Å². The van der Waals surface area contributed by atoms with Crippen molar-refractivity contribution in [2.24, 2.45) is 0 Å². The Morgan fingerprint density at radius 3 is 1.86 bits per heavy atom. The van der Waals surface area contributed by atoms with Crippen LogP contribution >= 0.6 is 0 Å². The van der Waals surface area contributed by atoms with Crippen LogP contribution in [0.5, 0.6) is 0 Å². The standard InChI is InChI=1S/C31H26N4Si/c1-21-24(26-15-9-10-16-28(26)36-2)17-18-27-25(21)19-20-35(27)31-33-29(22-11-5-3-6-12-22)32-30(34-31)23-13-7-4-8-14-23/h3-20H,36H2,1-2H3. The molecule has 0 saturated heterocycles. The second-order valence-corrected chi connectivity index (χ2v) is 10.4. The molecule has 4 nitrogen and oxygen atoms in total. The summed E-state index contributed by atoms with van der Waals surface area (Å²) in [6, 6.07) is 35.6. The number of aromatic nitrogens is 4. The monoisotopic (exact) mass is 482 g/mol. The minimum absolute atomic E-state index is 0.278. The van der Waals surface area contributed by atoms with Gasteiger partial charge in [0, 0.05) is 22.7 Å². The van der Waals surface area contributed by atoms with Crippen LogP contribution in [0.2, 0.25) is 6.55 Å². The molecule has 5 heteroatoms. The number of rotatable bonds is 5. The van der Waals surface area contributed by atoms with E-state index >= 15 is 0 Å². The molecule has 0 unspecified atom stereocenters. The van der Waals surface area contributed by atoms with E-state index in [1.807, 2.05) is 60.7 Å². The first kappa shape index (κ1) is 22.1. The summed E-state index contributed by atoms with van der Waals surface area (Å²) in [6.07, 6.45) is 2.07. The predicted octanol–water partition coefficient (Wildman–Crippen LogP) is 5.97. The van der Waals surface area contributed by atoms with Crippen LogP contribution in [0.15, 0.2) is 109 Å². The molecule has 0 fully saturated rings. The molecule has 0 aliphatic rings. The van der Waals surface area contributed by atoms with Crippen molar-refractivity contribution in [3.05, 3.63) is 115 Å². The van der Waals surface area contributed by atoms with Crippen LogP contribution in [-0.2, 0) is 0 Å². The Hall–Kier alpha value is -4.35. The Bertz CT molecular complexity index is 1620. The van der Waals surface area contributed by atoms with Crippen molar-refractivity contribution in [3.63, 3.8) is 0 Å². The zero-order valence-corrected chi connectivity index (χ0v) is 21.8. The number of benzene rings is 4. The second kappa shape index (κ2) is 9.36. The van der Waals surface area contributed by atoms with Gasteiger partial charge < -0.3 is 0 Å². The minimum Gasteiger partial charge on any atom is -0.285 e. The Morgan fingerprint density at radius 2 is 1.22 bits per heavy atom. The fourth-order valence-corrected chi connectivity index (χ4v) is 5.89. The molecule has 0 bridgehead atoms. The average Bonchev–Trinajstić information content (AvgIpc) is 3.39. The molecule has 0 amide bonds. The van der Waals surface area contributed by atoms with Gasteiger partial charge >= 0.3 is 0 Å². The predicted molar refractivity (Wildman–Crippen MR) is 152 cm³/mol. The van der Waals surface area contributed by atoms with Gasteiger partial charge in [-0.1, -0.05) is 103 Å². The van der Waals surface area contributed by atoms with E-state index < -0.39 is 0 Å². The first-order chi connectivity index (χ1) is 17.7. The summed E-state index contributed by atoms with van der Waals surface area (Å²) in [5, 5.41) is 2.71. The van der Waals surface area contributed by atoms with E-state index in [4.69, 9.17) is 15.0 Å². The van der Waals surface area contributed by atoms with Crippen molar-refractivity contribution in [1.82, 2.24) is 19.5 Å². The van der Waals surface area contributed by atoms with Gasteiger partial charge in [0.05, 0.1) is 15.0 Å². The van der Waals surface area contributed by atoms with Crippen molar-refractivity contribution in [2.75, 3.05) is 0 Å². The van der Waals surface area contributed by atoms with Crippen molar-refractivity contribution in [3.8, 4) is 39.9 Å². The van der Waals surface area contributed by atoms with E-state index in [0.717, 1.165) is 16.6 Å². The highest BCUT2D eigenvalue weighted by Crippen LogP contribution is 2.31. The topological polar surface area (TPSA) is 43.6 Å². The number of fused-ring (bicyclic) bond motifs is 1. The first-order valence-corrected chi connectivity index (χ1v) is 14.4. The highest BCUT2D eigenvalue weighted by atomic mass is 28.2. The number of hydrogen-bond acceptors (Lipinski definition) is 3. The van der Waals surface area contributed by atoms with Crippen molar-refractivity contribution in [1.29, 1.82) is 0 Å². The minimum atomic E-state index is -0.278. The lowest BCUT2D eigenvalue weighted by Gasteiger charge is -2.13. The molecule has 2 heterocycles. The second-order valence-electron chi connectivity index (χ2n) is 8.88. The average molecular weight is 483 g/mol. The Balaban J connectivity index is 1.53. The fraction of sp³-hybridized carbons (Fsp3) is 0.0645. The summed E-state index contributed by atoms with van der Waals surface area (Å²) in [5.74, 6) is 1.94. The summed E-state index contributed by atoms with van der Waals surface area (Å²) in [6.45, 7) is 4.56. The van der Waals surface area contributed by atoms with Crippen LogP contribution in [-0.4, -0.2) is 29.0 Å². The van der Waals surface area contributed by atoms with Crippen LogP contribution in [0, 0.1) is 6.92 Å². The van der Waals surface area contributed by atoms with Crippen LogP contribution in [0.3, 0.4) is 0 Å². The van der Waals surface area contributed by atoms with Gasteiger partial charge in [0.25, 0.3) is 0 Å². The summed E-state index contributed by atoms with van der Waals surface area (Å²) < 4.78 is 2.08. The summed E-state index contributed by atoms with van der Waals surface area (Å²) >= 11 is 0. The lowest BCUT2D eigenvalue weighted by atomic mass is 9.98. The van der Waals surface area contributed by atoms with Crippen LogP contribution in [0.4, 0.5) is 0 Å². The third-order valence-corrected chi connectivity index (χ3v) is 8.11. The lowest BCUT2D eigenvalue weighted by Crippen LogP contribution is -2.13. The number of nitrogens with zero attached hydrogens (tertiary/aromatic N) is 4. The molecular formula is C31H26N4Si. The van der Waals surface area contributed by atoms with Crippen LogP contribution < -0.4 is 5.19 Å². The van der Waals surface area contributed by atoms with Crippen molar-refractivity contribution in [2.45, 2.75) is 13.5 Å². The molecule has 6 aromatic rings. The molecule has 0 spiro atoms. The Labute approximate surface area is 213 Å². The van der Waals surface area contributed by atoms with Gasteiger partial charge in [-0.25, -0.2) is 4.98 Å². The molecule has 0 radical (unpaired) electrons. The highest BCUT2D eigenvalue weighted by Gasteiger charge is 2.16. The summed E-state index contributed by atoms with van der Waals surface area (Å²) in [7, 11) is -0.278. The third kappa shape index (κ3) is 3.93. The van der Waals surface area contributed by atoms with E-state index in [-0.39, 0.29) is 9.52 Å². The van der Waals surface area contributed by atoms with Gasteiger partial charge in [-0.15, -0.1) is 0 Å². The molecule has 4 aromatic carbocycles. The lowest BCUT2D eigenvalue weighted by molar-refractivity contribution is 0.933. The SMILES string of the molecule is C[SiH2]c1ccccc1-c1ccc2c(ccn2-c2nc(-c3ccccc3)nc(-c3ccccc3)n2)c1C. The molecule has 0 atom stereocenters. The van der Waals surface area contributed by atoms with Gasteiger partial charge in [-0.05, 0) is 35.7 Å². The van der Waals surface area contributed by atoms with Crippen molar-refractivity contribution < 1.29 is 0 Å². The maximum absolute atomic E-state index is 4.91. The third-order valence-electron chi connectivity index (χ3n) is 6.73. The normalized spacial score (nSPS) is 11.5. The molecule has 0 aliphatic heterocycles. The smallest absolute Gasteiger partial charge is 0.238 e. The molecule has 0 N–H and O–H groups in total. The van der Waals surface area contributed by atoms with E-state index in [1.165, 1.54) is 27.3 Å². The summed E-state index contributed by atoms with van der Waals surface area (Å²) in [5.41, 5.74) is 6.96. The molecule has 6 rings (SSSR count). The molecule has 2 aromatic heterocycles. The molecule has 0 saturated carbocycles. The Morgan fingerprint density at radius 1 is 0.611 bits per heavy atom. The van der Waals surface area contributed by atoms with E-state index in [9.17, 15) is 0 Å². The molecule has 174 valence electrons. The van der Waals surface area contributed by atoms with Gasteiger partial charge in [-0.3, -0.25) is 4.57 Å². The molecule has 36 heavy (non-hydrogen) atoms. The van der Waals surface area contributed by atoms with Gasteiger partial charge in [0.1, 0.15) is 0 Å². The van der Waals surface area contributed by atoms with Gasteiger partial charge in [0.15, 0.2) is 11.6 Å². The largest absolute Gasteiger partial charge is 0.285 e. The quantitative estimate of drug-likeness (QED) is 0.285. The fourth-order valence-electron chi connectivity index (χ4n) is 4.83. The molecule has 0 aliphatic carbocycles. The van der Waals surface area contributed by atoms with E-state index in [2.05, 4.69) is 66.7 Å². The zero-order chi connectivity index (χ0) is 24.5. The zero-order valence-electron chi connectivity index (χ0n) is 20.4. The van der Waals surface area contributed by atoms with Gasteiger partial charge in [-0.2, -0.15) is 9.97 Å². The first-order valence-electron chi connectivity index (χ1n) is 12.3. The maximum atomic E-state index is 4.91. The van der Waals surface area contributed by atoms with Gasteiger partial charge in [0.2, 0.25) is 5.95 Å². The number of hydrogen-bond donors (Lipinski definition) is 0. The maximum Gasteiger partial charge on any atom is 0.238 e. The van der Waals surface area contributed by atoms with Crippen LogP contribution in [0.25, 0.3) is 50.8 Å². The molecular weight excluding hydrogens is 456 g/mol. The number of aryl methyl sites for hydroxylation is 1. The van der Waals surface area contributed by atoms with Crippen LogP contribution in [0.1, 0.15) is 5.56 Å². The van der Waals surface area contributed by atoms with Crippen molar-refractivity contribution >= 4 is 25.6 Å².